The summed E-state index contributed by atoms with van der Waals surface area (Å²) in [6.07, 6.45) is -0.583. The summed E-state index contributed by atoms with van der Waals surface area (Å²) in [6, 6.07) is 14.6. The molecule has 0 aliphatic carbocycles. The van der Waals surface area contributed by atoms with E-state index >= 15 is 0 Å². The molecule has 24 heavy (non-hydrogen) atoms. The number of anilines is 2. The van der Waals surface area contributed by atoms with Crippen LogP contribution in [0.2, 0.25) is 0 Å². The summed E-state index contributed by atoms with van der Waals surface area (Å²) < 4.78 is 23.7. The van der Waals surface area contributed by atoms with Crippen molar-refractivity contribution in [2.45, 2.75) is 24.4 Å². The van der Waals surface area contributed by atoms with Crippen molar-refractivity contribution in [1.29, 1.82) is 0 Å². The first-order valence-corrected chi connectivity index (χ1v) is 7.96. The Hall–Kier alpha value is -2.44. The lowest BCUT2D eigenvalue weighted by molar-refractivity contribution is 0.0181. The normalized spacial score (nSPS) is 28.5. The fourth-order valence-electron chi connectivity index (χ4n) is 3.07. The molecule has 4 atom stereocenters. The van der Waals surface area contributed by atoms with Gasteiger partial charge in [-0.15, -0.1) is 0 Å². The number of hydrogen-bond donors (Lipinski definition) is 2. The highest BCUT2D eigenvalue weighted by Gasteiger charge is 2.50. The lowest BCUT2D eigenvalue weighted by Crippen LogP contribution is -2.36. The smallest absolute Gasteiger partial charge is 0.151 e. The van der Waals surface area contributed by atoms with Crippen LogP contribution in [0.5, 0.6) is 11.5 Å². The summed E-state index contributed by atoms with van der Waals surface area (Å²) in [5, 5.41) is 0. The molecule has 2 fully saturated rings. The molecule has 0 amide bonds. The summed E-state index contributed by atoms with van der Waals surface area (Å²) in [7, 11) is 0. The van der Waals surface area contributed by atoms with Gasteiger partial charge in [0.05, 0.1) is 13.2 Å². The molecular formula is C18H20N2O4. The van der Waals surface area contributed by atoms with Crippen molar-refractivity contribution >= 4 is 11.4 Å². The van der Waals surface area contributed by atoms with Crippen molar-refractivity contribution in [3.05, 3.63) is 48.5 Å². The molecule has 0 spiro atoms. The summed E-state index contributed by atoms with van der Waals surface area (Å²) in [5.74, 6) is 1.51. The van der Waals surface area contributed by atoms with Gasteiger partial charge in [0.1, 0.15) is 23.7 Å². The zero-order valence-corrected chi connectivity index (χ0v) is 13.1. The average molecular weight is 328 g/mol. The van der Waals surface area contributed by atoms with Gasteiger partial charge in [-0.05, 0) is 48.5 Å². The van der Waals surface area contributed by atoms with Crippen LogP contribution in [0.15, 0.2) is 48.5 Å². The molecule has 6 nitrogen and oxygen atoms in total. The van der Waals surface area contributed by atoms with Crippen LogP contribution in [0.3, 0.4) is 0 Å². The Balaban J connectivity index is 1.39. The first-order chi connectivity index (χ1) is 11.7. The van der Waals surface area contributed by atoms with Gasteiger partial charge in [-0.1, -0.05) is 0 Å². The van der Waals surface area contributed by atoms with E-state index in [0.717, 1.165) is 11.5 Å². The highest BCUT2D eigenvalue weighted by molar-refractivity contribution is 5.42. The van der Waals surface area contributed by atoms with E-state index in [9.17, 15) is 0 Å². The van der Waals surface area contributed by atoms with Crippen LogP contribution in [0.4, 0.5) is 11.4 Å². The van der Waals surface area contributed by atoms with Gasteiger partial charge in [-0.25, -0.2) is 0 Å². The third-order valence-corrected chi connectivity index (χ3v) is 4.30. The SMILES string of the molecule is Nc1ccc(O[C@@H]2CO[C@H]3[C@@H]2OC[C@H]3Oc2ccc(N)cc2)cc1. The topological polar surface area (TPSA) is 89.0 Å². The van der Waals surface area contributed by atoms with Gasteiger partial charge in [0, 0.05) is 11.4 Å². The lowest BCUT2D eigenvalue weighted by atomic mass is 10.1. The van der Waals surface area contributed by atoms with Crippen molar-refractivity contribution < 1.29 is 18.9 Å². The van der Waals surface area contributed by atoms with Gasteiger partial charge in [-0.2, -0.15) is 0 Å². The average Bonchev–Trinajstić information content (AvgIpc) is 3.16. The number of rotatable bonds is 4. The van der Waals surface area contributed by atoms with E-state index in [1.807, 2.05) is 48.5 Å². The van der Waals surface area contributed by atoms with Gasteiger partial charge in [0.15, 0.2) is 12.2 Å². The van der Waals surface area contributed by atoms with Crippen molar-refractivity contribution in [2.75, 3.05) is 24.7 Å². The van der Waals surface area contributed by atoms with Crippen LogP contribution in [0.25, 0.3) is 0 Å². The largest absolute Gasteiger partial charge is 0.485 e. The number of nitrogens with two attached hydrogens (primary N) is 2. The van der Waals surface area contributed by atoms with Crippen LogP contribution in [-0.4, -0.2) is 37.6 Å². The zero-order chi connectivity index (χ0) is 16.5. The van der Waals surface area contributed by atoms with E-state index in [1.165, 1.54) is 0 Å². The molecule has 126 valence electrons. The summed E-state index contributed by atoms with van der Waals surface area (Å²) >= 11 is 0. The second-order valence-corrected chi connectivity index (χ2v) is 6.05. The van der Waals surface area contributed by atoms with Gasteiger partial charge >= 0.3 is 0 Å². The molecular weight excluding hydrogens is 308 g/mol. The van der Waals surface area contributed by atoms with Gasteiger partial charge in [-0.3, -0.25) is 0 Å². The second kappa shape index (κ2) is 6.22. The Kier molecular flexibility index (Phi) is 3.92. The maximum atomic E-state index is 5.98. The fraction of sp³-hybridized carbons (Fsp3) is 0.333. The van der Waals surface area contributed by atoms with Crippen LogP contribution >= 0.6 is 0 Å². The number of nitrogen functional groups attached to an aromatic ring is 2. The Labute approximate surface area is 140 Å². The number of ether oxygens (including phenoxy) is 4. The highest BCUT2D eigenvalue weighted by atomic mass is 16.6. The van der Waals surface area contributed by atoms with Crippen LogP contribution in [0, 0.1) is 0 Å². The number of hydrogen-bond acceptors (Lipinski definition) is 6. The van der Waals surface area contributed by atoms with Crippen molar-refractivity contribution in [2.24, 2.45) is 0 Å². The number of fused-ring (bicyclic) bond motifs is 1. The predicted molar refractivity (Wildman–Crippen MR) is 90.0 cm³/mol. The zero-order valence-electron chi connectivity index (χ0n) is 13.1. The quantitative estimate of drug-likeness (QED) is 0.833. The minimum absolute atomic E-state index is 0.138. The minimum Gasteiger partial charge on any atom is -0.485 e. The summed E-state index contributed by atoms with van der Waals surface area (Å²) in [4.78, 5) is 0. The van der Waals surface area contributed by atoms with Gasteiger partial charge in [0.2, 0.25) is 0 Å². The molecule has 2 aliphatic rings. The highest BCUT2D eigenvalue weighted by Crippen LogP contribution is 2.32. The van der Waals surface area contributed by atoms with Crippen LogP contribution in [-0.2, 0) is 9.47 Å². The second-order valence-electron chi connectivity index (χ2n) is 6.05. The Morgan fingerprint density at radius 3 is 1.42 bits per heavy atom. The van der Waals surface area contributed by atoms with E-state index < -0.39 is 0 Å². The molecule has 0 unspecified atom stereocenters. The van der Waals surface area contributed by atoms with E-state index in [0.29, 0.717) is 24.6 Å². The molecule has 4 rings (SSSR count). The summed E-state index contributed by atoms with van der Waals surface area (Å²) in [5.41, 5.74) is 12.8. The maximum Gasteiger partial charge on any atom is 0.151 e. The summed E-state index contributed by atoms with van der Waals surface area (Å²) in [6.45, 7) is 0.947. The van der Waals surface area contributed by atoms with E-state index in [2.05, 4.69) is 0 Å². The van der Waals surface area contributed by atoms with Crippen LogP contribution < -0.4 is 20.9 Å². The first-order valence-electron chi connectivity index (χ1n) is 7.96. The van der Waals surface area contributed by atoms with Gasteiger partial charge in [0.25, 0.3) is 0 Å². The molecule has 2 aliphatic heterocycles. The molecule has 2 heterocycles. The molecule has 6 heteroatoms. The molecule has 0 radical (unpaired) electrons. The standard InChI is InChI=1S/C18H20N2O4/c19-11-1-5-13(6-2-11)23-15-9-21-18-16(10-22-17(15)18)24-14-7-3-12(20)4-8-14/h1-8,15-18H,9-10,19-20H2/t15-,16-,17-,18-/m1/s1. The van der Waals surface area contributed by atoms with Crippen molar-refractivity contribution in [3.63, 3.8) is 0 Å². The molecule has 2 aromatic rings. The van der Waals surface area contributed by atoms with E-state index in [-0.39, 0.29) is 24.4 Å². The molecule has 2 aromatic carbocycles. The Bertz CT molecular complexity index is 628. The number of benzene rings is 2. The molecule has 4 N–H and O–H groups in total. The van der Waals surface area contributed by atoms with Gasteiger partial charge < -0.3 is 30.4 Å². The molecule has 2 saturated heterocycles. The Morgan fingerprint density at radius 1 is 0.667 bits per heavy atom. The van der Waals surface area contributed by atoms with Crippen molar-refractivity contribution in [1.82, 2.24) is 0 Å². The minimum atomic E-state index is -0.154. The third-order valence-electron chi connectivity index (χ3n) is 4.30. The Morgan fingerprint density at radius 2 is 1.04 bits per heavy atom. The first kappa shape index (κ1) is 15.1. The van der Waals surface area contributed by atoms with Crippen LogP contribution in [0.1, 0.15) is 0 Å². The third kappa shape index (κ3) is 2.98. The lowest BCUT2D eigenvalue weighted by Gasteiger charge is -2.18. The van der Waals surface area contributed by atoms with Crippen molar-refractivity contribution in [3.8, 4) is 11.5 Å². The molecule has 0 aromatic heterocycles. The molecule has 0 bridgehead atoms. The maximum absolute atomic E-state index is 5.98. The molecule has 0 saturated carbocycles. The monoisotopic (exact) mass is 328 g/mol. The van der Waals surface area contributed by atoms with E-state index in [1.54, 1.807) is 0 Å². The fourth-order valence-corrected chi connectivity index (χ4v) is 3.07. The van der Waals surface area contributed by atoms with E-state index in [4.69, 9.17) is 30.4 Å². The predicted octanol–water partition coefficient (Wildman–Crippen LogP) is 1.84.